The molecule has 2 atom stereocenters. The maximum atomic E-state index is 13.0. The number of morpholine rings is 1. The molecule has 3 heterocycles. The number of anilines is 1. The first kappa shape index (κ1) is 20.9. The van der Waals surface area contributed by atoms with Crippen LogP contribution < -0.4 is 21.1 Å². The Morgan fingerprint density at radius 3 is 2.43 bits per heavy atom. The van der Waals surface area contributed by atoms with Crippen LogP contribution in [0, 0.1) is 13.8 Å². The molecule has 4 rings (SSSR count). The minimum absolute atomic E-state index is 0.0359. The summed E-state index contributed by atoms with van der Waals surface area (Å²) in [7, 11) is 0. The van der Waals surface area contributed by atoms with Crippen LogP contribution in [0.4, 0.5) is 18.9 Å². The number of ether oxygens (including phenoxy) is 1. The average molecular weight is 423 g/mol. The number of fused-ring (bicyclic) bond motifs is 1. The van der Waals surface area contributed by atoms with E-state index in [4.69, 9.17) is 4.74 Å². The second kappa shape index (κ2) is 7.69. The van der Waals surface area contributed by atoms with Gasteiger partial charge in [-0.3, -0.25) is 20.0 Å². The molecule has 7 nitrogen and oxygen atoms in total. The van der Waals surface area contributed by atoms with E-state index in [1.165, 1.54) is 12.1 Å². The Labute approximate surface area is 172 Å². The van der Waals surface area contributed by atoms with Crippen molar-refractivity contribution in [3.63, 3.8) is 0 Å². The molecule has 2 unspecified atom stereocenters. The van der Waals surface area contributed by atoms with Crippen LogP contribution in [0.5, 0.6) is 0 Å². The van der Waals surface area contributed by atoms with Gasteiger partial charge in [0.2, 0.25) is 0 Å². The highest BCUT2D eigenvalue weighted by Crippen LogP contribution is 2.36. The van der Waals surface area contributed by atoms with Gasteiger partial charge in [0.25, 0.3) is 5.91 Å². The fourth-order valence-corrected chi connectivity index (χ4v) is 4.02. The number of hydrogen-bond acceptors (Lipinski definition) is 6. The van der Waals surface area contributed by atoms with Crippen molar-refractivity contribution in [2.75, 3.05) is 31.3 Å². The fourth-order valence-electron chi connectivity index (χ4n) is 4.02. The summed E-state index contributed by atoms with van der Waals surface area (Å²) in [5.41, 5.74) is 4.89. The number of carbonyl (C=O) groups excluding carboxylic acids is 1. The van der Waals surface area contributed by atoms with Crippen molar-refractivity contribution in [3.05, 3.63) is 47.2 Å². The largest absolute Gasteiger partial charge is 0.416 e. The molecule has 0 spiro atoms. The smallest absolute Gasteiger partial charge is 0.379 e. The highest BCUT2D eigenvalue weighted by molar-refractivity contribution is 5.97. The number of amides is 1. The van der Waals surface area contributed by atoms with Crippen LogP contribution >= 0.6 is 0 Å². The van der Waals surface area contributed by atoms with E-state index in [-0.39, 0.29) is 17.8 Å². The number of nitrogens with one attached hydrogen (secondary N) is 3. The molecule has 10 heteroatoms. The zero-order chi connectivity index (χ0) is 21.6. The summed E-state index contributed by atoms with van der Waals surface area (Å²) in [6, 6.07) is 2.93. The zero-order valence-electron chi connectivity index (χ0n) is 16.8. The topological polar surface area (TPSA) is 68.9 Å². The predicted molar refractivity (Wildman–Crippen MR) is 106 cm³/mol. The first-order valence-electron chi connectivity index (χ1n) is 9.68. The maximum Gasteiger partial charge on any atom is 0.416 e. The molecule has 0 aromatic heterocycles. The summed E-state index contributed by atoms with van der Waals surface area (Å²) < 4.78 is 44.5. The molecule has 3 N–H and O–H groups in total. The van der Waals surface area contributed by atoms with Gasteiger partial charge < -0.3 is 10.1 Å². The van der Waals surface area contributed by atoms with Gasteiger partial charge in [0.1, 0.15) is 12.5 Å². The van der Waals surface area contributed by atoms with E-state index in [1.807, 2.05) is 0 Å². The van der Waals surface area contributed by atoms with Crippen molar-refractivity contribution >= 4 is 17.2 Å². The zero-order valence-corrected chi connectivity index (χ0v) is 16.8. The molecular weight excluding hydrogens is 399 g/mol. The number of rotatable bonds is 3. The average Bonchev–Trinajstić information content (AvgIpc) is 3.11. The van der Waals surface area contributed by atoms with Gasteiger partial charge in [-0.2, -0.15) is 13.2 Å². The monoisotopic (exact) mass is 423 g/mol. The van der Waals surface area contributed by atoms with Crippen molar-refractivity contribution in [3.8, 4) is 0 Å². The maximum absolute atomic E-state index is 13.0. The van der Waals surface area contributed by atoms with Crippen molar-refractivity contribution in [2.45, 2.75) is 32.5 Å². The first-order chi connectivity index (χ1) is 14.1. The van der Waals surface area contributed by atoms with Crippen LogP contribution in [-0.4, -0.2) is 55.7 Å². The molecule has 0 saturated carbocycles. The van der Waals surface area contributed by atoms with Crippen molar-refractivity contribution in [1.29, 1.82) is 0 Å². The highest BCUT2D eigenvalue weighted by atomic mass is 19.4. The molecule has 1 aromatic rings. The van der Waals surface area contributed by atoms with Crippen LogP contribution in [0.3, 0.4) is 0 Å². The Morgan fingerprint density at radius 1 is 1.20 bits per heavy atom. The standard InChI is InChI=1S/C20H24F3N5O2/c1-11-8-14(13(3)20(21,22)23)9-12(2)16(11)28-10-15-17(26-28)24-19(25-18(15)29)27-4-6-30-7-5-27/h8-10,17,19,24,26H,3-7H2,1-2H3,(H,25,29). The fraction of sp³-hybridized carbons (Fsp3) is 0.450. The van der Waals surface area contributed by atoms with Crippen LogP contribution in [0.1, 0.15) is 16.7 Å². The van der Waals surface area contributed by atoms with Gasteiger partial charge in [0, 0.05) is 19.3 Å². The summed E-state index contributed by atoms with van der Waals surface area (Å²) in [6.07, 6.45) is -3.54. The lowest BCUT2D eigenvalue weighted by molar-refractivity contribution is -0.123. The Kier molecular flexibility index (Phi) is 5.35. The lowest BCUT2D eigenvalue weighted by Crippen LogP contribution is -2.68. The van der Waals surface area contributed by atoms with Crippen molar-refractivity contribution in [1.82, 2.24) is 21.0 Å². The molecule has 3 aliphatic heterocycles. The van der Waals surface area contributed by atoms with Gasteiger partial charge in [0.15, 0.2) is 0 Å². The number of allylic oxidation sites excluding steroid dienone is 1. The summed E-state index contributed by atoms with van der Waals surface area (Å²) >= 11 is 0. The predicted octanol–water partition coefficient (Wildman–Crippen LogP) is 1.75. The van der Waals surface area contributed by atoms with Crippen LogP contribution in [0.2, 0.25) is 0 Å². The van der Waals surface area contributed by atoms with Gasteiger partial charge in [-0.05, 0) is 42.7 Å². The van der Waals surface area contributed by atoms with Gasteiger partial charge in [-0.1, -0.05) is 6.58 Å². The molecule has 0 radical (unpaired) electrons. The van der Waals surface area contributed by atoms with Crippen LogP contribution in [0.25, 0.3) is 5.57 Å². The number of hydrogen-bond donors (Lipinski definition) is 3. The first-order valence-corrected chi connectivity index (χ1v) is 9.68. The Bertz CT molecular complexity index is 885. The summed E-state index contributed by atoms with van der Waals surface area (Å²) in [5.74, 6) is -0.192. The lowest BCUT2D eigenvalue weighted by Gasteiger charge is -2.40. The Balaban J connectivity index is 1.56. The summed E-state index contributed by atoms with van der Waals surface area (Å²) in [4.78, 5) is 14.7. The van der Waals surface area contributed by atoms with Crippen molar-refractivity contribution in [2.24, 2.45) is 0 Å². The lowest BCUT2D eigenvalue weighted by atomic mass is 9.99. The number of nitrogens with zero attached hydrogens (tertiary/aromatic N) is 2. The normalized spacial score (nSPS) is 25.0. The van der Waals surface area contributed by atoms with Gasteiger partial charge in [-0.15, -0.1) is 0 Å². The number of halogens is 3. The molecule has 162 valence electrons. The van der Waals surface area contributed by atoms with E-state index in [0.29, 0.717) is 48.7 Å². The molecule has 3 aliphatic rings. The molecule has 0 aliphatic carbocycles. The number of hydrazine groups is 1. The van der Waals surface area contributed by atoms with E-state index in [0.717, 1.165) is 0 Å². The number of benzene rings is 1. The summed E-state index contributed by atoms with van der Waals surface area (Å²) in [5, 5.41) is 8.00. The van der Waals surface area contributed by atoms with Crippen LogP contribution in [0.15, 0.2) is 30.5 Å². The number of aryl methyl sites for hydroxylation is 2. The molecule has 1 amide bonds. The Morgan fingerprint density at radius 2 is 1.83 bits per heavy atom. The minimum Gasteiger partial charge on any atom is -0.379 e. The van der Waals surface area contributed by atoms with E-state index in [2.05, 4.69) is 27.5 Å². The Hall–Kier alpha value is -2.40. The second-order valence-electron chi connectivity index (χ2n) is 7.64. The second-order valence-corrected chi connectivity index (χ2v) is 7.64. The van der Waals surface area contributed by atoms with Crippen LogP contribution in [-0.2, 0) is 9.53 Å². The van der Waals surface area contributed by atoms with E-state index >= 15 is 0 Å². The van der Waals surface area contributed by atoms with Gasteiger partial charge >= 0.3 is 6.18 Å². The van der Waals surface area contributed by atoms with Gasteiger partial charge in [0.05, 0.1) is 30.0 Å². The third-order valence-corrected chi connectivity index (χ3v) is 5.54. The number of carbonyl (C=O) groups is 1. The summed E-state index contributed by atoms with van der Waals surface area (Å²) in [6.45, 7) is 9.28. The molecular formula is C20H24F3N5O2. The minimum atomic E-state index is -4.49. The molecule has 2 saturated heterocycles. The molecule has 1 aromatic carbocycles. The van der Waals surface area contributed by atoms with Gasteiger partial charge in [-0.25, -0.2) is 5.43 Å². The van der Waals surface area contributed by atoms with E-state index < -0.39 is 17.9 Å². The quantitative estimate of drug-likeness (QED) is 0.689. The number of alkyl halides is 3. The SMILES string of the molecule is C=C(c1cc(C)c(N2C=C3C(=O)NC(N4CCOCC4)NC3N2)c(C)c1)C(F)(F)F. The molecule has 2 fully saturated rings. The van der Waals surface area contributed by atoms with E-state index in [9.17, 15) is 18.0 Å². The third-order valence-electron chi connectivity index (χ3n) is 5.54. The van der Waals surface area contributed by atoms with E-state index in [1.54, 1.807) is 25.1 Å². The third kappa shape index (κ3) is 3.83. The highest BCUT2D eigenvalue weighted by Gasteiger charge is 2.39. The molecule has 0 bridgehead atoms. The van der Waals surface area contributed by atoms with Crippen molar-refractivity contribution < 1.29 is 22.7 Å². The molecule has 30 heavy (non-hydrogen) atoms.